The molecule has 2 atom stereocenters. The van der Waals surface area contributed by atoms with Crippen molar-refractivity contribution >= 4 is 15.5 Å². The van der Waals surface area contributed by atoms with Crippen LogP contribution in [0.2, 0.25) is 0 Å². The molecule has 0 spiro atoms. The Labute approximate surface area is 121 Å². The van der Waals surface area contributed by atoms with Gasteiger partial charge in [0.1, 0.15) is 0 Å². The Hall–Kier alpha value is -1.07. The minimum absolute atomic E-state index is 0.0349. The number of anilines is 1. The second kappa shape index (κ2) is 6.14. The van der Waals surface area contributed by atoms with Crippen molar-refractivity contribution in [1.82, 2.24) is 0 Å². The lowest BCUT2D eigenvalue weighted by Gasteiger charge is -2.40. The molecule has 0 amide bonds. The zero-order chi connectivity index (χ0) is 14.8. The van der Waals surface area contributed by atoms with Crippen LogP contribution in [0, 0.1) is 0 Å². The Morgan fingerprint density at radius 2 is 2.05 bits per heavy atom. The Bertz CT molecular complexity index is 555. The van der Waals surface area contributed by atoms with Gasteiger partial charge in [-0.15, -0.1) is 0 Å². The van der Waals surface area contributed by atoms with Crippen molar-refractivity contribution in [2.24, 2.45) is 5.73 Å². The molecule has 0 radical (unpaired) electrons. The summed E-state index contributed by atoms with van der Waals surface area (Å²) in [6.45, 7) is 4.56. The molecule has 1 aliphatic rings. The molecule has 2 unspecified atom stereocenters. The van der Waals surface area contributed by atoms with Crippen LogP contribution in [0.1, 0.15) is 33.1 Å². The van der Waals surface area contributed by atoms with Gasteiger partial charge in [-0.3, -0.25) is 0 Å². The van der Waals surface area contributed by atoms with E-state index in [4.69, 9.17) is 5.73 Å². The largest absolute Gasteiger partial charge is 0.366 e. The maximum absolute atomic E-state index is 12.3. The van der Waals surface area contributed by atoms with Crippen molar-refractivity contribution < 1.29 is 8.42 Å². The molecule has 4 nitrogen and oxygen atoms in total. The van der Waals surface area contributed by atoms with E-state index in [0.29, 0.717) is 4.90 Å². The first-order chi connectivity index (χ1) is 9.47. The highest BCUT2D eigenvalue weighted by molar-refractivity contribution is 7.91. The summed E-state index contributed by atoms with van der Waals surface area (Å²) >= 11 is 0. The molecule has 5 heteroatoms. The van der Waals surface area contributed by atoms with Crippen LogP contribution in [-0.4, -0.2) is 32.8 Å². The second-order valence-corrected chi connectivity index (χ2v) is 7.73. The molecule has 112 valence electrons. The van der Waals surface area contributed by atoms with Gasteiger partial charge in [0.2, 0.25) is 0 Å². The topological polar surface area (TPSA) is 63.4 Å². The number of rotatable bonds is 4. The average Bonchev–Trinajstić information content (AvgIpc) is 2.47. The van der Waals surface area contributed by atoms with Crippen LogP contribution in [0.3, 0.4) is 0 Å². The van der Waals surface area contributed by atoms with Crippen LogP contribution < -0.4 is 10.6 Å². The van der Waals surface area contributed by atoms with Crippen molar-refractivity contribution in [1.29, 1.82) is 0 Å². The van der Waals surface area contributed by atoms with Crippen LogP contribution >= 0.6 is 0 Å². The smallest absolute Gasteiger partial charge is 0.180 e. The van der Waals surface area contributed by atoms with Gasteiger partial charge in [-0.25, -0.2) is 8.42 Å². The molecule has 0 bridgehead atoms. The monoisotopic (exact) mass is 296 g/mol. The molecular weight excluding hydrogens is 272 g/mol. The van der Waals surface area contributed by atoms with Gasteiger partial charge >= 0.3 is 0 Å². The van der Waals surface area contributed by atoms with E-state index in [9.17, 15) is 8.42 Å². The third-order valence-electron chi connectivity index (χ3n) is 4.05. The molecule has 1 aromatic rings. The standard InChI is InChI=1S/C15H24N2O2S/c1-3-20(18,19)15-10-5-4-9-14(15)17-11-7-6-8-13(17)12(2)16/h4-5,9-10,12-13H,3,6-8,11,16H2,1-2H3. The molecule has 0 aromatic heterocycles. The summed E-state index contributed by atoms with van der Waals surface area (Å²) in [5, 5.41) is 0. The van der Waals surface area contributed by atoms with Gasteiger partial charge in [0, 0.05) is 18.6 Å². The van der Waals surface area contributed by atoms with Gasteiger partial charge in [-0.2, -0.15) is 0 Å². The number of para-hydroxylation sites is 1. The van der Waals surface area contributed by atoms with Crippen LogP contribution in [0.5, 0.6) is 0 Å². The highest BCUT2D eigenvalue weighted by atomic mass is 32.2. The summed E-state index contributed by atoms with van der Waals surface area (Å²) in [4.78, 5) is 2.63. The van der Waals surface area contributed by atoms with Gasteiger partial charge in [-0.05, 0) is 38.3 Å². The van der Waals surface area contributed by atoms with Gasteiger partial charge in [-0.1, -0.05) is 19.1 Å². The normalized spacial score (nSPS) is 21.8. The molecule has 2 N–H and O–H groups in total. The molecule has 1 saturated heterocycles. The number of benzene rings is 1. The predicted octanol–water partition coefficient (Wildman–Crippen LogP) is 2.19. The Balaban J connectivity index is 2.46. The van der Waals surface area contributed by atoms with Crippen molar-refractivity contribution in [3.63, 3.8) is 0 Å². The van der Waals surface area contributed by atoms with E-state index in [-0.39, 0.29) is 17.8 Å². The number of piperidine rings is 1. The van der Waals surface area contributed by atoms with Gasteiger partial charge in [0.05, 0.1) is 16.3 Å². The quantitative estimate of drug-likeness (QED) is 0.925. The van der Waals surface area contributed by atoms with E-state index < -0.39 is 9.84 Å². The fourth-order valence-corrected chi connectivity index (χ4v) is 4.02. The fourth-order valence-electron chi connectivity index (χ4n) is 2.92. The molecule has 1 fully saturated rings. The Morgan fingerprint density at radius 1 is 1.35 bits per heavy atom. The highest BCUT2D eigenvalue weighted by Crippen LogP contribution is 2.32. The fraction of sp³-hybridized carbons (Fsp3) is 0.600. The number of nitrogens with zero attached hydrogens (tertiary/aromatic N) is 1. The summed E-state index contributed by atoms with van der Waals surface area (Å²) in [5.41, 5.74) is 6.91. The minimum atomic E-state index is -3.21. The van der Waals surface area contributed by atoms with Crippen molar-refractivity contribution in [3.05, 3.63) is 24.3 Å². The highest BCUT2D eigenvalue weighted by Gasteiger charge is 2.29. The zero-order valence-electron chi connectivity index (χ0n) is 12.2. The Kier molecular flexibility index (Phi) is 4.70. The van der Waals surface area contributed by atoms with Crippen molar-refractivity contribution in [3.8, 4) is 0 Å². The summed E-state index contributed by atoms with van der Waals surface area (Å²) in [6.07, 6.45) is 3.27. The lowest BCUT2D eigenvalue weighted by atomic mass is 9.96. The zero-order valence-corrected chi connectivity index (χ0v) is 13.1. The lowest BCUT2D eigenvalue weighted by Crippen LogP contribution is -2.49. The van der Waals surface area contributed by atoms with E-state index in [0.717, 1.165) is 31.5 Å². The number of sulfone groups is 1. The first kappa shape index (κ1) is 15.3. The lowest BCUT2D eigenvalue weighted by molar-refractivity contribution is 0.411. The van der Waals surface area contributed by atoms with Crippen molar-refractivity contribution in [2.45, 2.75) is 50.1 Å². The molecule has 1 aromatic carbocycles. The van der Waals surface area contributed by atoms with Crippen LogP contribution in [0.15, 0.2) is 29.2 Å². The van der Waals surface area contributed by atoms with Crippen LogP contribution in [0.25, 0.3) is 0 Å². The van der Waals surface area contributed by atoms with Crippen LogP contribution in [0.4, 0.5) is 5.69 Å². The molecular formula is C15H24N2O2S. The molecule has 1 aliphatic heterocycles. The van der Waals surface area contributed by atoms with E-state index in [1.54, 1.807) is 19.1 Å². The van der Waals surface area contributed by atoms with Gasteiger partial charge in [0.15, 0.2) is 9.84 Å². The van der Waals surface area contributed by atoms with Crippen LogP contribution in [-0.2, 0) is 9.84 Å². The Morgan fingerprint density at radius 3 is 2.70 bits per heavy atom. The first-order valence-electron chi connectivity index (χ1n) is 7.31. The van der Waals surface area contributed by atoms with E-state index in [1.807, 2.05) is 19.1 Å². The third-order valence-corrected chi connectivity index (χ3v) is 5.82. The predicted molar refractivity (Wildman–Crippen MR) is 82.8 cm³/mol. The van der Waals surface area contributed by atoms with Gasteiger partial charge < -0.3 is 10.6 Å². The molecule has 1 heterocycles. The van der Waals surface area contributed by atoms with E-state index in [1.165, 1.54) is 0 Å². The van der Waals surface area contributed by atoms with Crippen molar-refractivity contribution in [2.75, 3.05) is 17.2 Å². The average molecular weight is 296 g/mol. The molecule has 20 heavy (non-hydrogen) atoms. The number of hydrogen-bond donors (Lipinski definition) is 1. The maximum atomic E-state index is 12.3. The second-order valence-electron chi connectivity index (χ2n) is 5.49. The summed E-state index contributed by atoms with van der Waals surface area (Å²) in [7, 11) is -3.21. The van der Waals surface area contributed by atoms with Gasteiger partial charge in [0.25, 0.3) is 0 Å². The molecule has 0 aliphatic carbocycles. The molecule has 2 rings (SSSR count). The first-order valence-corrected chi connectivity index (χ1v) is 8.96. The maximum Gasteiger partial charge on any atom is 0.180 e. The summed E-state index contributed by atoms with van der Waals surface area (Å²) in [6, 6.07) is 7.56. The van der Waals surface area contributed by atoms with E-state index in [2.05, 4.69) is 4.90 Å². The molecule has 0 saturated carbocycles. The van der Waals surface area contributed by atoms with E-state index >= 15 is 0 Å². The third kappa shape index (κ3) is 2.99. The SMILES string of the molecule is CCS(=O)(=O)c1ccccc1N1CCCCC1C(C)N. The minimum Gasteiger partial charge on any atom is -0.366 e. The number of nitrogens with two attached hydrogens (primary N) is 1. The number of hydrogen-bond acceptors (Lipinski definition) is 4. The summed E-state index contributed by atoms with van der Waals surface area (Å²) < 4.78 is 24.6. The summed E-state index contributed by atoms with van der Waals surface area (Å²) in [5.74, 6) is 0.126.